The van der Waals surface area contributed by atoms with Crippen molar-refractivity contribution < 1.29 is 13.9 Å². The minimum absolute atomic E-state index is 0.117. The number of carbonyl (C=O) groups excluding carboxylic acids is 1. The van der Waals surface area contributed by atoms with E-state index in [4.69, 9.17) is 0 Å². The van der Waals surface area contributed by atoms with Gasteiger partial charge in [-0.25, -0.2) is 4.39 Å². The second kappa shape index (κ2) is 3.84. The first-order valence-corrected chi connectivity index (χ1v) is 3.57. The van der Waals surface area contributed by atoms with Crippen LogP contribution in [0.25, 0.3) is 0 Å². The number of halogens is 1. The van der Waals surface area contributed by atoms with Crippen LogP contribution in [-0.4, -0.2) is 18.1 Å². The van der Waals surface area contributed by atoms with Crippen LogP contribution in [0.4, 0.5) is 4.39 Å². The minimum Gasteiger partial charge on any atom is -0.469 e. The molecule has 0 spiro atoms. The molecular weight excluding hydrogens is 177 g/mol. The van der Waals surface area contributed by atoms with Crippen LogP contribution in [0, 0.1) is 5.82 Å². The van der Waals surface area contributed by atoms with E-state index in [-0.39, 0.29) is 12.0 Å². The Morgan fingerprint density at radius 2 is 2.38 bits per heavy atom. The van der Waals surface area contributed by atoms with Gasteiger partial charge in [-0.3, -0.25) is 9.59 Å². The average Bonchev–Trinajstić information content (AvgIpc) is 2.09. The number of ether oxygens (including phenoxy) is 1. The molecule has 0 amide bonds. The van der Waals surface area contributed by atoms with Gasteiger partial charge in [0.15, 0.2) is 0 Å². The van der Waals surface area contributed by atoms with Gasteiger partial charge in [0.2, 0.25) is 0 Å². The van der Waals surface area contributed by atoms with Crippen molar-refractivity contribution in [2.75, 3.05) is 7.11 Å². The number of carbonyl (C=O) groups is 1. The van der Waals surface area contributed by atoms with Crippen LogP contribution in [0.3, 0.4) is 0 Å². The topological polar surface area (TPSA) is 59.2 Å². The third-order valence-corrected chi connectivity index (χ3v) is 1.52. The summed E-state index contributed by atoms with van der Waals surface area (Å²) in [6, 6.07) is 0.790. The number of aromatic nitrogens is 1. The number of esters is 1. The summed E-state index contributed by atoms with van der Waals surface area (Å²) in [5, 5.41) is 0. The molecular formula is C8H8FNO3. The van der Waals surface area contributed by atoms with Gasteiger partial charge in [-0.15, -0.1) is 0 Å². The molecule has 1 heterocycles. The minimum atomic E-state index is -0.700. The van der Waals surface area contributed by atoms with Crippen LogP contribution in [0.15, 0.2) is 17.1 Å². The van der Waals surface area contributed by atoms with Crippen molar-refractivity contribution in [2.45, 2.75) is 6.42 Å². The summed E-state index contributed by atoms with van der Waals surface area (Å²) < 4.78 is 17.3. The zero-order chi connectivity index (χ0) is 9.84. The van der Waals surface area contributed by atoms with E-state index in [1.807, 2.05) is 0 Å². The number of aromatic amines is 1. The van der Waals surface area contributed by atoms with Gasteiger partial charge < -0.3 is 9.72 Å². The molecule has 13 heavy (non-hydrogen) atoms. The molecule has 0 aromatic carbocycles. The molecule has 70 valence electrons. The van der Waals surface area contributed by atoms with Crippen LogP contribution < -0.4 is 5.56 Å². The standard InChI is InChI=1S/C8H8FNO3/c1-13-8(12)2-5-4-10-7(11)3-6(5)9/h3-4H,2H2,1H3,(H,10,11). The fraction of sp³-hybridized carbons (Fsp3) is 0.250. The lowest BCUT2D eigenvalue weighted by Crippen LogP contribution is -2.11. The predicted octanol–water partition coefficient (Wildman–Crippen LogP) is 0.229. The molecule has 0 bridgehead atoms. The molecule has 0 saturated carbocycles. The summed E-state index contributed by atoms with van der Waals surface area (Å²) in [5.74, 6) is -1.25. The van der Waals surface area contributed by atoms with Gasteiger partial charge in [-0.2, -0.15) is 0 Å². The number of hydrogen-bond acceptors (Lipinski definition) is 3. The summed E-state index contributed by atoms with van der Waals surface area (Å²) in [6.45, 7) is 0. The predicted molar refractivity (Wildman–Crippen MR) is 42.7 cm³/mol. The Kier molecular flexibility index (Phi) is 2.79. The lowest BCUT2D eigenvalue weighted by atomic mass is 10.2. The Hall–Kier alpha value is -1.65. The van der Waals surface area contributed by atoms with Crippen molar-refractivity contribution in [1.82, 2.24) is 4.98 Å². The monoisotopic (exact) mass is 185 g/mol. The summed E-state index contributed by atoms with van der Waals surface area (Å²) in [6.07, 6.45) is 0.980. The normalized spacial score (nSPS) is 9.69. The van der Waals surface area contributed by atoms with Crippen LogP contribution in [0.1, 0.15) is 5.56 Å². The number of nitrogens with one attached hydrogen (secondary N) is 1. The van der Waals surface area contributed by atoms with Crippen LogP contribution >= 0.6 is 0 Å². The SMILES string of the molecule is COC(=O)Cc1c[nH]c(=O)cc1F. The van der Waals surface area contributed by atoms with E-state index >= 15 is 0 Å². The quantitative estimate of drug-likeness (QED) is 0.671. The molecule has 0 atom stereocenters. The summed E-state index contributed by atoms with van der Waals surface area (Å²) in [4.78, 5) is 23.6. The first kappa shape index (κ1) is 9.44. The van der Waals surface area contributed by atoms with E-state index < -0.39 is 17.3 Å². The van der Waals surface area contributed by atoms with E-state index in [0.717, 1.165) is 12.3 Å². The van der Waals surface area contributed by atoms with E-state index in [0.29, 0.717) is 0 Å². The second-order valence-corrected chi connectivity index (χ2v) is 2.42. The highest BCUT2D eigenvalue weighted by molar-refractivity contribution is 5.72. The van der Waals surface area contributed by atoms with Gasteiger partial charge in [-0.05, 0) is 0 Å². The van der Waals surface area contributed by atoms with Crippen molar-refractivity contribution in [3.05, 3.63) is 34.0 Å². The highest BCUT2D eigenvalue weighted by Crippen LogP contribution is 2.03. The third-order valence-electron chi connectivity index (χ3n) is 1.52. The molecule has 0 unspecified atom stereocenters. The van der Waals surface area contributed by atoms with Gasteiger partial charge >= 0.3 is 5.97 Å². The van der Waals surface area contributed by atoms with Crippen LogP contribution in [0.2, 0.25) is 0 Å². The summed E-state index contributed by atoms with van der Waals surface area (Å²) in [5.41, 5.74) is -0.419. The lowest BCUT2D eigenvalue weighted by molar-refractivity contribution is -0.139. The largest absolute Gasteiger partial charge is 0.469 e. The number of hydrogen-bond donors (Lipinski definition) is 1. The van der Waals surface area contributed by atoms with E-state index in [9.17, 15) is 14.0 Å². The first-order valence-electron chi connectivity index (χ1n) is 3.57. The van der Waals surface area contributed by atoms with Gasteiger partial charge in [0.05, 0.1) is 13.5 Å². The van der Waals surface area contributed by atoms with Crippen molar-refractivity contribution in [3.8, 4) is 0 Å². The Morgan fingerprint density at radius 3 is 2.92 bits per heavy atom. The van der Waals surface area contributed by atoms with E-state index in [2.05, 4.69) is 9.72 Å². The molecule has 1 rings (SSSR count). The highest BCUT2D eigenvalue weighted by atomic mass is 19.1. The molecule has 0 saturated heterocycles. The fourth-order valence-electron chi connectivity index (χ4n) is 0.840. The maximum atomic E-state index is 12.9. The maximum absolute atomic E-state index is 12.9. The number of rotatable bonds is 2. The molecule has 0 radical (unpaired) electrons. The molecule has 1 aromatic heterocycles. The van der Waals surface area contributed by atoms with Crippen molar-refractivity contribution >= 4 is 5.97 Å². The zero-order valence-electron chi connectivity index (χ0n) is 6.96. The maximum Gasteiger partial charge on any atom is 0.310 e. The molecule has 0 aliphatic heterocycles. The van der Waals surface area contributed by atoms with E-state index in [1.54, 1.807) is 0 Å². The molecule has 0 aliphatic rings. The Morgan fingerprint density at radius 1 is 1.69 bits per heavy atom. The highest BCUT2D eigenvalue weighted by Gasteiger charge is 2.08. The van der Waals surface area contributed by atoms with Crippen LogP contribution in [-0.2, 0) is 16.0 Å². The smallest absolute Gasteiger partial charge is 0.310 e. The van der Waals surface area contributed by atoms with Gasteiger partial charge in [0.1, 0.15) is 5.82 Å². The molecule has 5 heteroatoms. The first-order chi connectivity index (χ1) is 6.13. The molecule has 1 N–H and O–H groups in total. The van der Waals surface area contributed by atoms with Crippen molar-refractivity contribution in [1.29, 1.82) is 0 Å². The van der Waals surface area contributed by atoms with Gasteiger partial charge in [-0.1, -0.05) is 0 Å². The van der Waals surface area contributed by atoms with Gasteiger partial charge in [0.25, 0.3) is 5.56 Å². The summed E-state index contributed by atoms with van der Waals surface area (Å²) in [7, 11) is 1.21. The van der Waals surface area contributed by atoms with E-state index in [1.165, 1.54) is 7.11 Å². The number of pyridine rings is 1. The molecule has 4 nitrogen and oxygen atoms in total. The average molecular weight is 185 g/mol. The number of methoxy groups -OCH3 is 1. The molecule has 1 aromatic rings. The van der Waals surface area contributed by atoms with Crippen LogP contribution in [0.5, 0.6) is 0 Å². The lowest BCUT2D eigenvalue weighted by Gasteiger charge is -1.99. The Labute approximate surface area is 73.3 Å². The Bertz CT molecular complexity index is 372. The second-order valence-electron chi connectivity index (χ2n) is 2.42. The van der Waals surface area contributed by atoms with Gasteiger partial charge in [0, 0.05) is 17.8 Å². The number of H-pyrrole nitrogens is 1. The molecule has 0 fully saturated rings. The fourth-order valence-corrected chi connectivity index (χ4v) is 0.840. The zero-order valence-corrected chi connectivity index (χ0v) is 6.96. The Balaban J connectivity index is 2.90. The van der Waals surface area contributed by atoms with Crippen molar-refractivity contribution in [2.24, 2.45) is 0 Å². The molecule has 0 aliphatic carbocycles. The van der Waals surface area contributed by atoms with Crippen molar-refractivity contribution in [3.63, 3.8) is 0 Å². The summed E-state index contributed by atoms with van der Waals surface area (Å²) >= 11 is 0. The third kappa shape index (κ3) is 2.40.